The first-order chi connectivity index (χ1) is 10.4. The van der Waals surface area contributed by atoms with Crippen LogP contribution >= 0.6 is 0 Å². The van der Waals surface area contributed by atoms with Crippen LogP contribution in [-0.2, 0) is 9.59 Å². The van der Waals surface area contributed by atoms with E-state index in [4.69, 9.17) is 9.84 Å². The minimum atomic E-state index is -0.839. The van der Waals surface area contributed by atoms with Gasteiger partial charge in [-0.15, -0.1) is 0 Å². The second kappa shape index (κ2) is 8.81. The Morgan fingerprint density at radius 1 is 1.27 bits per heavy atom. The summed E-state index contributed by atoms with van der Waals surface area (Å²) in [4.78, 5) is 33.5. The maximum atomic E-state index is 11.8. The zero-order chi connectivity index (χ0) is 16.5. The average molecular weight is 307 g/mol. The summed E-state index contributed by atoms with van der Waals surface area (Å²) in [5.41, 5.74) is 0.527. The molecule has 1 aromatic rings. The van der Waals surface area contributed by atoms with Gasteiger partial charge in [-0.05, 0) is 38.8 Å². The molecule has 0 fully saturated rings. The van der Waals surface area contributed by atoms with E-state index < -0.39 is 12.1 Å². The van der Waals surface area contributed by atoms with Gasteiger partial charge in [0.2, 0.25) is 0 Å². The third kappa shape index (κ3) is 6.39. The molecule has 0 heterocycles. The molecule has 6 nitrogen and oxygen atoms in total. The highest BCUT2D eigenvalue weighted by Crippen LogP contribution is 2.15. The fraction of sp³-hybridized carbons (Fsp3) is 0.438. The van der Waals surface area contributed by atoms with Crippen molar-refractivity contribution in [2.45, 2.75) is 39.2 Å². The molecule has 2 N–H and O–H groups in total. The van der Waals surface area contributed by atoms with E-state index in [1.807, 2.05) is 0 Å². The number of ketones is 1. The third-order valence-electron chi connectivity index (χ3n) is 3.04. The minimum absolute atomic E-state index is 0.0685. The molecule has 0 spiro atoms. The first kappa shape index (κ1) is 17.7. The number of nitrogens with one attached hydrogen (secondary N) is 1. The first-order valence-corrected chi connectivity index (χ1v) is 7.17. The number of benzene rings is 1. The van der Waals surface area contributed by atoms with Gasteiger partial charge in [0.1, 0.15) is 5.75 Å². The van der Waals surface area contributed by atoms with Crippen LogP contribution in [0, 0.1) is 0 Å². The molecular weight excluding hydrogens is 286 g/mol. The van der Waals surface area contributed by atoms with E-state index >= 15 is 0 Å². The molecule has 1 aromatic carbocycles. The molecule has 0 saturated heterocycles. The average Bonchev–Trinajstić information content (AvgIpc) is 2.46. The number of unbranched alkanes of at least 4 members (excludes halogenated alkanes) is 1. The SMILES string of the molecule is CC(=O)c1cccc(OC(C)C(=O)NCCCCC(=O)O)c1. The molecule has 0 saturated carbocycles. The van der Waals surface area contributed by atoms with Crippen molar-refractivity contribution in [2.75, 3.05) is 6.54 Å². The Labute approximate surface area is 129 Å². The number of carbonyl (C=O) groups is 3. The predicted molar refractivity (Wildman–Crippen MR) is 81.0 cm³/mol. The van der Waals surface area contributed by atoms with Gasteiger partial charge in [-0.25, -0.2) is 0 Å². The predicted octanol–water partition coefficient (Wildman–Crippen LogP) is 2.03. The molecule has 22 heavy (non-hydrogen) atoms. The first-order valence-electron chi connectivity index (χ1n) is 7.17. The fourth-order valence-electron chi connectivity index (χ4n) is 1.80. The van der Waals surface area contributed by atoms with Crippen LogP contribution in [0.5, 0.6) is 5.75 Å². The molecular formula is C16H21NO5. The number of hydrogen-bond donors (Lipinski definition) is 2. The summed E-state index contributed by atoms with van der Waals surface area (Å²) < 4.78 is 5.50. The Bertz CT molecular complexity index is 541. The Morgan fingerprint density at radius 3 is 2.64 bits per heavy atom. The summed E-state index contributed by atoms with van der Waals surface area (Å²) in [6.07, 6.45) is 0.525. The van der Waals surface area contributed by atoms with Crippen molar-refractivity contribution in [2.24, 2.45) is 0 Å². The van der Waals surface area contributed by atoms with E-state index in [0.29, 0.717) is 30.7 Å². The molecule has 0 aliphatic heterocycles. The highest BCUT2D eigenvalue weighted by Gasteiger charge is 2.14. The molecule has 6 heteroatoms. The zero-order valence-corrected chi connectivity index (χ0v) is 12.8. The van der Waals surface area contributed by atoms with Crippen molar-refractivity contribution < 1.29 is 24.2 Å². The standard InChI is InChI=1S/C16H21NO5/c1-11(18)13-6-5-7-14(10-13)22-12(2)16(21)17-9-4-3-8-15(19)20/h5-7,10,12H,3-4,8-9H2,1-2H3,(H,17,21)(H,19,20). The summed E-state index contributed by atoms with van der Waals surface area (Å²) in [6.45, 7) is 3.49. The van der Waals surface area contributed by atoms with Gasteiger partial charge < -0.3 is 15.2 Å². The second-order valence-electron chi connectivity index (χ2n) is 4.99. The highest BCUT2D eigenvalue weighted by molar-refractivity contribution is 5.94. The lowest BCUT2D eigenvalue weighted by molar-refractivity contribution is -0.137. The van der Waals surface area contributed by atoms with Crippen molar-refractivity contribution in [1.82, 2.24) is 5.32 Å². The summed E-state index contributed by atoms with van der Waals surface area (Å²) in [5, 5.41) is 11.2. The van der Waals surface area contributed by atoms with Gasteiger partial charge in [-0.2, -0.15) is 0 Å². The molecule has 1 rings (SSSR count). The van der Waals surface area contributed by atoms with Gasteiger partial charge in [-0.1, -0.05) is 12.1 Å². The van der Waals surface area contributed by atoms with E-state index in [2.05, 4.69) is 5.32 Å². The van der Waals surface area contributed by atoms with E-state index in [0.717, 1.165) is 0 Å². The van der Waals surface area contributed by atoms with Gasteiger partial charge >= 0.3 is 5.97 Å². The maximum Gasteiger partial charge on any atom is 0.303 e. The van der Waals surface area contributed by atoms with Gasteiger partial charge in [0.25, 0.3) is 5.91 Å². The Hall–Kier alpha value is -2.37. The lowest BCUT2D eigenvalue weighted by atomic mass is 10.1. The number of aliphatic carboxylic acids is 1. The molecule has 1 unspecified atom stereocenters. The van der Waals surface area contributed by atoms with E-state index in [1.54, 1.807) is 31.2 Å². The van der Waals surface area contributed by atoms with Crippen molar-refractivity contribution in [3.05, 3.63) is 29.8 Å². The second-order valence-corrected chi connectivity index (χ2v) is 4.99. The minimum Gasteiger partial charge on any atom is -0.481 e. The van der Waals surface area contributed by atoms with Crippen LogP contribution in [0.2, 0.25) is 0 Å². The molecule has 0 aliphatic rings. The lowest BCUT2D eigenvalue weighted by Gasteiger charge is -2.15. The molecule has 0 aliphatic carbocycles. The summed E-state index contributed by atoms with van der Waals surface area (Å²) in [7, 11) is 0. The van der Waals surface area contributed by atoms with E-state index in [-0.39, 0.29) is 18.1 Å². The van der Waals surface area contributed by atoms with Crippen LogP contribution in [0.1, 0.15) is 43.5 Å². The largest absolute Gasteiger partial charge is 0.481 e. The molecule has 0 bridgehead atoms. The third-order valence-corrected chi connectivity index (χ3v) is 3.04. The van der Waals surface area contributed by atoms with Crippen molar-refractivity contribution >= 4 is 17.7 Å². The van der Waals surface area contributed by atoms with Crippen molar-refractivity contribution in [1.29, 1.82) is 0 Å². The van der Waals surface area contributed by atoms with Crippen molar-refractivity contribution in [3.8, 4) is 5.75 Å². The molecule has 1 amide bonds. The summed E-state index contributed by atoms with van der Waals surface area (Å²) in [6, 6.07) is 6.66. The number of carboxylic acid groups (broad SMARTS) is 1. The van der Waals surface area contributed by atoms with Crippen LogP contribution in [0.25, 0.3) is 0 Å². The van der Waals surface area contributed by atoms with Crippen LogP contribution < -0.4 is 10.1 Å². The number of carboxylic acids is 1. The quantitative estimate of drug-likeness (QED) is 0.538. The lowest BCUT2D eigenvalue weighted by Crippen LogP contribution is -2.36. The number of hydrogen-bond acceptors (Lipinski definition) is 4. The summed E-state index contributed by atoms with van der Waals surface area (Å²) >= 11 is 0. The smallest absolute Gasteiger partial charge is 0.303 e. The van der Waals surface area contributed by atoms with E-state index in [9.17, 15) is 14.4 Å². The Morgan fingerprint density at radius 2 is 2.00 bits per heavy atom. The normalized spacial score (nSPS) is 11.5. The highest BCUT2D eigenvalue weighted by atomic mass is 16.5. The zero-order valence-electron chi connectivity index (χ0n) is 12.8. The van der Waals surface area contributed by atoms with Crippen LogP contribution in [0.4, 0.5) is 0 Å². The number of ether oxygens (including phenoxy) is 1. The van der Waals surface area contributed by atoms with Gasteiger partial charge in [0.15, 0.2) is 11.9 Å². The number of amides is 1. The van der Waals surface area contributed by atoms with Crippen molar-refractivity contribution in [3.63, 3.8) is 0 Å². The Balaban J connectivity index is 2.39. The number of rotatable bonds is 9. The van der Waals surface area contributed by atoms with Crippen LogP contribution in [0.15, 0.2) is 24.3 Å². The van der Waals surface area contributed by atoms with Gasteiger partial charge in [-0.3, -0.25) is 14.4 Å². The topological polar surface area (TPSA) is 92.7 Å². The number of Topliss-reactive ketones (excluding diaryl/α,β-unsaturated/α-hetero) is 1. The molecule has 120 valence electrons. The Kier molecular flexibility index (Phi) is 7.08. The van der Waals surface area contributed by atoms with Gasteiger partial charge in [0.05, 0.1) is 0 Å². The van der Waals surface area contributed by atoms with Gasteiger partial charge in [0, 0.05) is 18.5 Å². The molecule has 1 atom stereocenters. The molecule has 0 aromatic heterocycles. The summed E-state index contributed by atoms with van der Waals surface area (Å²) in [5.74, 6) is -0.723. The molecule has 0 radical (unpaired) electrons. The maximum absolute atomic E-state index is 11.8. The van der Waals surface area contributed by atoms with Crippen LogP contribution in [-0.4, -0.2) is 35.4 Å². The number of carbonyl (C=O) groups excluding carboxylic acids is 2. The van der Waals surface area contributed by atoms with E-state index in [1.165, 1.54) is 6.92 Å². The monoisotopic (exact) mass is 307 g/mol. The van der Waals surface area contributed by atoms with Crippen LogP contribution in [0.3, 0.4) is 0 Å². The fourth-order valence-corrected chi connectivity index (χ4v) is 1.80.